The fourth-order valence-corrected chi connectivity index (χ4v) is 4.02. The number of rotatable bonds is 24. The van der Waals surface area contributed by atoms with Crippen LogP contribution in [0.4, 0.5) is 0 Å². The van der Waals surface area contributed by atoms with Crippen LogP contribution < -0.4 is 0 Å². The fraction of sp³-hybridized carbons (Fsp3) is 0.929. The molecule has 0 aliphatic rings. The first-order valence-electron chi connectivity index (χ1n) is 14.0. The summed E-state index contributed by atoms with van der Waals surface area (Å²) in [7, 11) is 0. The van der Waals surface area contributed by atoms with Gasteiger partial charge in [0.15, 0.2) is 0 Å². The summed E-state index contributed by atoms with van der Waals surface area (Å²) >= 11 is 0. The standard InChI is InChI=1S/C28H54O4/c1-4-7-9-10-11-12-13-14-15-16-17-18-19-20-25-31-27(29)23-24-28(30)32-26(21-6-3)22-8-5-2/h26H,4-25H2,1-3H3. The second-order valence-electron chi connectivity index (χ2n) is 9.36. The number of ether oxygens (including phenoxy) is 2. The number of carbonyl (C=O) groups excluding carboxylic acids is 2. The molecule has 1 unspecified atom stereocenters. The summed E-state index contributed by atoms with van der Waals surface area (Å²) in [5.74, 6) is -0.551. The molecule has 190 valence electrons. The lowest BCUT2D eigenvalue weighted by Crippen LogP contribution is -2.19. The van der Waals surface area contributed by atoms with Crippen molar-refractivity contribution in [2.75, 3.05) is 6.61 Å². The lowest BCUT2D eigenvalue weighted by Gasteiger charge is -2.16. The van der Waals surface area contributed by atoms with E-state index in [0.29, 0.717) is 6.61 Å². The summed E-state index contributed by atoms with van der Waals surface area (Å²) in [4.78, 5) is 23.8. The van der Waals surface area contributed by atoms with Gasteiger partial charge in [0.1, 0.15) is 6.10 Å². The highest BCUT2D eigenvalue weighted by molar-refractivity contribution is 5.77. The number of carbonyl (C=O) groups is 2. The molecule has 0 fully saturated rings. The average Bonchev–Trinajstić information content (AvgIpc) is 2.78. The monoisotopic (exact) mass is 454 g/mol. The van der Waals surface area contributed by atoms with Crippen LogP contribution in [0.25, 0.3) is 0 Å². The molecule has 0 aliphatic heterocycles. The third-order valence-corrected chi connectivity index (χ3v) is 6.08. The Labute approximate surface area is 199 Å². The lowest BCUT2D eigenvalue weighted by atomic mass is 10.0. The van der Waals surface area contributed by atoms with E-state index in [4.69, 9.17) is 9.47 Å². The van der Waals surface area contributed by atoms with E-state index in [2.05, 4.69) is 20.8 Å². The number of hydrogen-bond donors (Lipinski definition) is 0. The minimum atomic E-state index is -0.280. The summed E-state index contributed by atoms with van der Waals surface area (Å²) in [6.45, 7) is 6.98. The average molecular weight is 455 g/mol. The molecule has 0 aromatic carbocycles. The molecule has 0 radical (unpaired) electrons. The molecule has 0 heterocycles. The Morgan fingerprint density at radius 3 is 1.50 bits per heavy atom. The van der Waals surface area contributed by atoms with Crippen molar-refractivity contribution in [3.05, 3.63) is 0 Å². The van der Waals surface area contributed by atoms with Crippen molar-refractivity contribution in [3.63, 3.8) is 0 Å². The van der Waals surface area contributed by atoms with Gasteiger partial charge < -0.3 is 9.47 Å². The van der Waals surface area contributed by atoms with Gasteiger partial charge >= 0.3 is 11.9 Å². The predicted molar refractivity (Wildman–Crippen MR) is 135 cm³/mol. The Bertz CT molecular complexity index is 422. The molecular formula is C28H54O4. The SMILES string of the molecule is CCCCCCCCCCCCCCCCOC(=O)CCC(=O)OC(CCC)CCCC. The van der Waals surface area contributed by atoms with Crippen molar-refractivity contribution in [3.8, 4) is 0 Å². The molecular weight excluding hydrogens is 400 g/mol. The van der Waals surface area contributed by atoms with Crippen LogP contribution in [-0.4, -0.2) is 24.6 Å². The van der Waals surface area contributed by atoms with Crippen LogP contribution in [0.5, 0.6) is 0 Å². The van der Waals surface area contributed by atoms with E-state index in [1.54, 1.807) is 0 Å². The van der Waals surface area contributed by atoms with E-state index in [-0.39, 0.29) is 30.9 Å². The lowest BCUT2D eigenvalue weighted by molar-refractivity contribution is -0.154. The van der Waals surface area contributed by atoms with Crippen molar-refractivity contribution in [2.45, 2.75) is 162 Å². The second-order valence-corrected chi connectivity index (χ2v) is 9.36. The van der Waals surface area contributed by atoms with Gasteiger partial charge in [-0.25, -0.2) is 0 Å². The molecule has 0 N–H and O–H groups in total. The van der Waals surface area contributed by atoms with Crippen LogP contribution in [0, 0.1) is 0 Å². The molecule has 1 atom stereocenters. The molecule has 0 spiro atoms. The van der Waals surface area contributed by atoms with Gasteiger partial charge in [-0.2, -0.15) is 0 Å². The van der Waals surface area contributed by atoms with Crippen molar-refractivity contribution >= 4 is 11.9 Å². The van der Waals surface area contributed by atoms with Gasteiger partial charge in [0, 0.05) is 0 Å². The van der Waals surface area contributed by atoms with E-state index in [1.807, 2.05) is 0 Å². The van der Waals surface area contributed by atoms with Crippen LogP contribution in [-0.2, 0) is 19.1 Å². The highest BCUT2D eigenvalue weighted by Gasteiger charge is 2.15. The molecule has 32 heavy (non-hydrogen) atoms. The molecule has 4 heteroatoms. The highest BCUT2D eigenvalue weighted by Crippen LogP contribution is 2.14. The smallest absolute Gasteiger partial charge is 0.306 e. The Morgan fingerprint density at radius 2 is 1.00 bits per heavy atom. The van der Waals surface area contributed by atoms with Gasteiger partial charge in [0.05, 0.1) is 19.4 Å². The Balaban J connectivity index is 3.46. The molecule has 0 aromatic heterocycles. The molecule has 4 nitrogen and oxygen atoms in total. The van der Waals surface area contributed by atoms with Crippen molar-refractivity contribution in [1.29, 1.82) is 0 Å². The molecule has 0 bridgehead atoms. The zero-order valence-corrected chi connectivity index (χ0v) is 21.8. The predicted octanol–water partition coefficient (Wildman–Crippen LogP) is 8.69. The van der Waals surface area contributed by atoms with Crippen LogP contribution in [0.2, 0.25) is 0 Å². The van der Waals surface area contributed by atoms with Crippen molar-refractivity contribution < 1.29 is 19.1 Å². The minimum absolute atomic E-state index is 0.000907. The van der Waals surface area contributed by atoms with E-state index < -0.39 is 0 Å². The third-order valence-electron chi connectivity index (χ3n) is 6.08. The molecule has 0 rings (SSSR count). The topological polar surface area (TPSA) is 52.6 Å². The summed E-state index contributed by atoms with van der Waals surface area (Å²) in [6, 6.07) is 0. The number of unbranched alkanes of at least 4 members (excludes halogenated alkanes) is 14. The first kappa shape index (κ1) is 30.9. The van der Waals surface area contributed by atoms with Gasteiger partial charge in [0.2, 0.25) is 0 Å². The number of esters is 2. The zero-order valence-electron chi connectivity index (χ0n) is 21.8. The highest BCUT2D eigenvalue weighted by atomic mass is 16.5. The normalized spacial score (nSPS) is 12.0. The van der Waals surface area contributed by atoms with Gasteiger partial charge in [-0.15, -0.1) is 0 Å². The maximum Gasteiger partial charge on any atom is 0.306 e. The summed E-state index contributed by atoms with van der Waals surface area (Å²) < 4.78 is 10.8. The maximum atomic E-state index is 12.0. The largest absolute Gasteiger partial charge is 0.466 e. The van der Waals surface area contributed by atoms with E-state index in [0.717, 1.165) is 44.9 Å². The molecule has 0 aromatic rings. The number of hydrogen-bond acceptors (Lipinski definition) is 4. The molecule has 0 aliphatic carbocycles. The zero-order chi connectivity index (χ0) is 23.7. The Kier molecular flexibility index (Phi) is 23.8. The van der Waals surface area contributed by atoms with Crippen LogP contribution in [0.3, 0.4) is 0 Å². The van der Waals surface area contributed by atoms with Crippen LogP contribution >= 0.6 is 0 Å². The summed E-state index contributed by atoms with van der Waals surface area (Å²) in [6.07, 6.45) is 23.6. The fourth-order valence-electron chi connectivity index (χ4n) is 4.02. The first-order valence-corrected chi connectivity index (χ1v) is 14.0. The summed E-state index contributed by atoms with van der Waals surface area (Å²) in [5.41, 5.74) is 0. The van der Waals surface area contributed by atoms with Crippen LogP contribution in [0.15, 0.2) is 0 Å². The Morgan fingerprint density at radius 1 is 0.531 bits per heavy atom. The Hall–Kier alpha value is -1.06. The first-order chi connectivity index (χ1) is 15.6. The molecule has 0 saturated carbocycles. The van der Waals surface area contributed by atoms with Gasteiger partial charge in [-0.3, -0.25) is 9.59 Å². The van der Waals surface area contributed by atoms with Crippen molar-refractivity contribution in [2.24, 2.45) is 0 Å². The van der Waals surface area contributed by atoms with E-state index >= 15 is 0 Å². The van der Waals surface area contributed by atoms with Gasteiger partial charge in [-0.1, -0.05) is 124 Å². The minimum Gasteiger partial charge on any atom is -0.466 e. The van der Waals surface area contributed by atoms with Gasteiger partial charge in [-0.05, 0) is 19.3 Å². The molecule has 0 saturated heterocycles. The summed E-state index contributed by atoms with van der Waals surface area (Å²) in [5, 5.41) is 0. The third kappa shape index (κ3) is 22.1. The van der Waals surface area contributed by atoms with E-state index in [1.165, 1.54) is 77.0 Å². The van der Waals surface area contributed by atoms with Gasteiger partial charge in [0.25, 0.3) is 0 Å². The second kappa shape index (κ2) is 24.6. The van der Waals surface area contributed by atoms with Crippen LogP contribution in [0.1, 0.15) is 156 Å². The van der Waals surface area contributed by atoms with Crippen molar-refractivity contribution in [1.82, 2.24) is 0 Å². The maximum absolute atomic E-state index is 12.0. The van der Waals surface area contributed by atoms with E-state index in [9.17, 15) is 9.59 Å². The quantitative estimate of drug-likeness (QED) is 0.108. The molecule has 0 amide bonds.